The molecule has 1 saturated heterocycles. The summed E-state index contributed by atoms with van der Waals surface area (Å²) in [6, 6.07) is 3.88. The predicted octanol–water partition coefficient (Wildman–Crippen LogP) is 5.49. The third-order valence-electron chi connectivity index (χ3n) is 5.94. The Morgan fingerprint density at radius 2 is 1.89 bits per heavy atom. The maximum Gasteiger partial charge on any atom is 0.280 e. The molecule has 36 heavy (non-hydrogen) atoms. The van der Waals surface area contributed by atoms with Crippen LogP contribution in [-0.2, 0) is 4.79 Å². The maximum absolute atomic E-state index is 13.4. The Balaban J connectivity index is 1.52. The summed E-state index contributed by atoms with van der Waals surface area (Å²) < 4.78 is 67.3. The Kier molecular flexibility index (Phi) is 7.72. The quantitative estimate of drug-likeness (QED) is 0.443. The van der Waals surface area contributed by atoms with Gasteiger partial charge in [0.15, 0.2) is 5.65 Å². The van der Waals surface area contributed by atoms with Crippen LogP contribution in [0.4, 0.5) is 27.6 Å². The number of hydrogen-bond donors (Lipinski definition) is 1. The van der Waals surface area contributed by atoms with E-state index in [-0.39, 0.29) is 29.3 Å². The minimum atomic E-state index is -3.11. The summed E-state index contributed by atoms with van der Waals surface area (Å²) in [6.45, 7) is 0.357. The van der Waals surface area contributed by atoms with Crippen LogP contribution in [0.1, 0.15) is 66.7 Å². The average molecular weight is 530 g/mol. The number of halogens is 6. The van der Waals surface area contributed by atoms with Gasteiger partial charge in [0, 0.05) is 19.0 Å². The van der Waals surface area contributed by atoms with E-state index in [2.05, 4.69) is 15.4 Å². The summed E-state index contributed by atoms with van der Waals surface area (Å²) in [5.41, 5.74) is -1.93. The minimum Gasteiger partial charge on any atom is -0.349 e. The highest BCUT2D eigenvalue weighted by molar-refractivity contribution is 6.33. The van der Waals surface area contributed by atoms with Gasteiger partial charge in [0.05, 0.1) is 16.9 Å². The molecule has 0 radical (unpaired) electrons. The van der Waals surface area contributed by atoms with E-state index in [1.54, 1.807) is 0 Å². The second-order valence-corrected chi connectivity index (χ2v) is 8.75. The maximum atomic E-state index is 13.4. The first kappa shape index (κ1) is 25.8. The van der Waals surface area contributed by atoms with Crippen molar-refractivity contribution in [1.29, 1.82) is 0 Å². The fourth-order valence-corrected chi connectivity index (χ4v) is 4.43. The summed E-state index contributed by atoms with van der Waals surface area (Å²) in [6.07, 6.45) is -3.18. The highest BCUT2D eigenvalue weighted by atomic mass is 35.5. The molecule has 2 aromatic heterocycles. The van der Waals surface area contributed by atoms with E-state index in [9.17, 15) is 31.5 Å². The van der Waals surface area contributed by atoms with Gasteiger partial charge in [0.2, 0.25) is 5.91 Å². The molecule has 1 atom stereocenters. The van der Waals surface area contributed by atoms with Gasteiger partial charge in [0.25, 0.3) is 18.8 Å². The molecule has 0 saturated carbocycles. The molecule has 3 aromatic rings. The van der Waals surface area contributed by atoms with Crippen LogP contribution in [0.25, 0.3) is 5.65 Å². The number of aromatic nitrogens is 3. The van der Waals surface area contributed by atoms with E-state index in [4.69, 9.17) is 11.6 Å². The van der Waals surface area contributed by atoms with Crippen molar-refractivity contribution in [2.75, 3.05) is 11.4 Å². The molecule has 192 valence electrons. The van der Waals surface area contributed by atoms with E-state index in [0.717, 1.165) is 12.3 Å². The number of hydrogen-bond acceptors (Lipinski definition) is 4. The lowest BCUT2D eigenvalue weighted by molar-refractivity contribution is -0.118. The first-order valence-electron chi connectivity index (χ1n) is 11.2. The van der Waals surface area contributed by atoms with Crippen molar-refractivity contribution in [2.24, 2.45) is 0 Å². The Labute approximate surface area is 207 Å². The van der Waals surface area contributed by atoms with Crippen LogP contribution in [0.5, 0.6) is 0 Å². The molecule has 4 rings (SSSR count). The standard InChI is InChI=1S/C23H21ClF5N5O2/c24-15-9-12(25)4-6-17(15)33-8-2-1-3-13(5-7-19(33)35)31-23(36)14-11-30-34-18(21(28)29)10-16(20(26)27)32-22(14)34/h4,6,9-11,13,20-21H,1-3,5,7-8H2,(H,31,36)/t13-/m1/s1. The van der Waals surface area contributed by atoms with E-state index >= 15 is 0 Å². The van der Waals surface area contributed by atoms with Crippen LogP contribution in [-0.4, -0.2) is 39.0 Å². The topological polar surface area (TPSA) is 79.6 Å². The van der Waals surface area contributed by atoms with E-state index in [1.807, 2.05) is 0 Å². The number of nitrogens with one attached hydrogen (secondary N) is 1. The van der Waals surface area contributed by atoms with Crippen LogP contribution in [0.2, 0.25) is 5.02 Å². The first-order valence-corrected chi connectivity index (χ1v) is 11.5. The summed E-state index contributed by atoms with van der Waals surface area (Å²) in [5.74, 6) is -1.50. The molecule has 0 aliphatic carbocycles. The van der Waals surface area contributed by atoms with Gasteiger partial charge < -0.3 is 10.2 Å². The number of anilines is 1. The summed E-state index contributed by atoms with van der Waals surface area (Å²) >= 11 is 6.13. The van der Waals surface area contributed by atoms with Crippen LogP contribution >= 0.6 is 11.6 Å². The van der Waals surface area contributed by atoms with Crippen molar-refractivity contribution >= 4 is 34.7 Å². The summed E-state index contributed by atoms with van der Waals surface area (Å²) in [4.78, 5) is 31.0. The molecule has 1 aromatic carbocycles. The number of nitrogens with zero attached hydrogens (tertiary/aromatic N) is 4. The van der Waals surface area contributed by atoms with Crippen LogP contribution < -0.4 is 10.2 Å². The van der Waals surface area contributed by atoms with Gasteiger partial charge in [-0.05, 0) is 49.9 Å². The molecule has 1 aliphatic rings. The van der Waals surface area contributed by atoms with Gasteiger partial charge in [-0.1, -0.05) is 11.6 Å². The number of carbonyl (C=O) groups is 2. The zero-order valence-corrected chi connectivity index (χ0v) is 19.5. The molecule has 1 aliphatic heterocycles. The molecule has 0 spiro atoms. The number of amides is 2. The normalized spacial score (nSPS) is 17.4. The third kappa shape index (κ3) is 5.43. The molecule has 0 unspecified atom stereocenters. The SMILES string of the molecule is O=C(N[C@@H]1CCCCN(c2ccc(F)cc2Cl)C(=O)CC1)c1cnn2c(C(F)F)cc(C(F)F)nc12. The van der Waals surface area contributed by atoms with Crippen molar-refractivity contribution < 1.29 is 31.5 Å². The van der Waals surface area contributed by atoms with Crippen molar-refractivity contribution in [3.8, 4) is 0 Å². The van der Waals surface area contributed by atoms with Gasteiger partial charge in [-0.15, -0.1) is 0 Å². The number of benzene rings is 1. The number of rotatable bonds is 5. The Bertz CT molecular complexity index is 1290. The lowest BCUT2D eigenvalue weighted by atomic mass is 10.0. The molecular weight excluding hydrogens is 509 g/mol. The Morgan fingerprint density at radius 3 is 2.58 bits per heavy atom. The van der Waals surface area contributed by atoms with Crippen LogP contribution in [0.15, 0.2) is 30.5 Å². The van der Waals surface area contributed by atoms with Gasteiger partial charge >= 0.3 is 0 Å². The second-order valence-electron chi connectivity index (χ2n) is 8.35. The van der Waals surface area contributed by atoms with E-state index in [1.165, 1.54) is 17.0 Å². The minimum absolute atomic E-state index is 0.0523. The smallest absolute Gasteiger partial charge is 0.280 e. The zero-order valence-electron chi connectivity index (χ0n) is 18.7. The molecule has 1 N–H and O–H groups in total. The highest BCUT2D eigenvalue weighted by Crippen LogP contribution is 2.29. The number of carbonyl (C=O) groups excluding carboxylic acids is 2. The third-order valence-corrected chi connectivity index (χ3v) is 6.24. The van der Waals surface area contributed by atoms with Crippen LogP contribution in [0.3, 0.4) is 0 Å². The largest absolute Gasteiger partial charge is 0.349 e. The van der Waals surface area contributed by atoms with Gasteiger partial charge in [-0.25, -0.2) is 31.5 Å². The monoisotopic (exact) mass is 529 g/mol. The fraction of sp³-hybridized carbons (Fsp3) is 0.391. The summed E-state index contributed by atoms with van der Waals surface area (Å²) in [7, 11) is 0. The molecule has 7 nitrogen and oxygen atoms in total. The second kappa shape index (κ2) is 10.8. The number of fused-ring (bicyclic) bond motifs is 1. The van der Waals surface area contributed by atoms with Gasteiger partial charge in [-0.2, -0.15) is 5.10 Å². The van der Waals surface area contributed by atoms with Crippen molar-refractivity contribution in [3.63, 3.8) is 0 Å². The molecule has 0 bridgehead atoms. The van der Waals surface area contributed by atoms with E-state index in [0.29, 0.717) is 42.1 Å². The molecule has 13 heteroatoms. The van der Waals surface area contributed by atoms with E-state index < -0.39 is 47.7 Å². The lowest BCUT2D eigenvalue weighted by Crippen LogP contribution is -2.36. The lowest BCUT2D eigenvalue weighted by Gasteiger charge is -2.23. The molecule has 2 amide bonds. The molecule has 3 heterocycles. The Hall–Kier alpha value is -3.28. The molecular formula is C23H21ClF5N5O2. The van der Waals surface area contributed by atoms with Crippen molar-refractivity contribution in [3.05, 3.63) is 58.3 Å². The van der Waals surface area contributed by atoms with Crippen molar-refractivity contribution in [2.45, 2.75) is 51.0 Å². The van der Waals surface area contributed by atoms with Crippen LogP contribution in [0, 0.1) is 5.82 Å². The van der Waals surface area contributed by atoms with Gasteiger partial charge in [0.1, 0.15) is 22.8 Å². The fourth-order valence-electron chi connectivity index (χ4n) is 4.16. The first-order chi connectivity index (χ1) is 17.2. The average Bonchev–Trinajstić information content (AvgIpc) is 3.28. The highest BCUT2D eigenvalue weighted by Gasteiger charge is 2.26. The number of alkyl halides is 4. The zero-order chi connectivity index (χ0) is 26.0. The van der Waals surface area contributed by atoms with Gasteiger partial charge in [-0.3, -0.25) is 9.59 Å². The predicted molar refractivity (Wildman–Crippen MR) is 121 cm³/mol. The Morgan fingerprint density at radius 1 is 1.11 bits per heavy atom. The summed E-state index contributed by atoms with van der Waals surface area (Å²) in [5, 5.41) is 6.60. The molecule has 1 fully saturated rings. The van der Waals surface area contributed by atoms with Crippen molar-refractivity contribution in [1.82, 2.24) is 19.9 Å².